The van der Waals surface area contributed by atoms with E-state index in [0.29, 0.717) is 24.9 Å². The zero-order valence-electron chi connectivity index (χ0n) is 18.1. The van der Waals surface area contributed by atoms with Gasteiger partial charge in [0.2, 0.25) is 10.0 Å². The summed E-state index contributed by atoms with van der Waals surface area (Å²) < 4.78 is 69.6. The van der Waals surface area contributed by atoms with Gasteiger partial charge in [0.05, 0.1) is 5.25 Å². The van der Waals surface area contributed by atoms with Crippen molar-refractivity contribution in [3.63, 3.8) is 0 Å². The summed E-state index contributed by atoms with van der Waals surface area (Å²) >= 11 is 0. The van der Waals surface area contributed by atoms with E-state index < -0.39 is 21.9 Å². The summed E-state index contributed by atoms with van der Waals surface area (Å²) in [7, 11) is -3.36. The lowest BCUT2D eigenvalue weighted by Gasteiger charge is -2.20. The van der Waals surface area contributed by atoms with Crippen molar-refractivity contribution in [2.75, 3.05) is 0 Å². The smallest absolute Gasteiger partial charge is 0.347 e. The van der Waals surface area contributed by atoms with Crippen molar-refractivity contribution in [1.29, 1.82) is 0 Å². The first kappa shape index (κ1) is 22.7. The molecule has 0 unspecified atom stereocenters. The molecule has 0 aliphatic heterocycles. The highest BCUT2D eigenvalue weighted by Gasteiger charge is 2.37. The maximum absolute atomic E-state index is 13.5. The largest absolute Gasteiger partial charge is 0.435 e. The van der Waals surface area contributed by atoms with E-state index >= 15 is 0 Å². The zero-order valence-corrected chi connectivity index (χ0v) is 18.9. The number of hydrogen-bond donors (Lipinski definition) is 1. The Labute approximate surface area is 184 Å². The van der Waals surface area contributed by atoms with E-state index in [0.717, 1.165) is 22.7 Å². The van der Waals surface area contributed by atoms with E-state index in [1.165, 1.54) is 6.20 Å². The Morgan fingerprint density at radius 2 is 1.81 bits per heavy atom. The summed E-state index contributed by atoms with van der Waals surface area (Å²) in [6.45, 7) is 6.91. The van der Waals surface area contributed by atoms with Gasteiger partial charge in [-0.25, -0.2) is 18.1 Å². The number of alkyl halides is 3. The van der Waals surface area contributed by atoms with E-state index in [1.54, 1.807) is 18.2 Å². The van der Waals surface area contributed by atoms with Crippen LogP contribution >= 0.6 is 0 Å². The number of nitrogens with one attached hydrogen (secondary N) is 1. The Balaban J connectivity index is 1.79. The SMILES string of the molecule is CC(C)(C)Cn1cc(CNS(=O)(=O)C2CC2)c2ccc(-c3nccnc3C(F)(F)F)cc21. The third kappa shape index (κ3) is 4.80. The first-order valence-electron chi connectivity index (χ1n) is 10.3. The van der Waals surface area contributed by atoms with Crippen LogP contribution in [-0.2, 0) is 29.3 Å². The Morgan fingerprint density at radius 3 is 2.44 bits per heavy atom. The van der Waals surface area contributed by atoms with Gasteiger partial charge in [0.25, 0.3) is 0 Å². The average molecular weight is 467 g/mol. The summed E-state index contributed by atoms with van der Waals surface area (Å²) in [5, 5.41) is 0.461. The van der Waals surface area contributed by atoms with Crippen molar-refractivity contribution in [1.82, 2.24) is 19.3 Å². The first-order valence-corrected chi connectivity index (χ1v) is 11.9. The maximum atomic E-state index is 13.5. The normalized spacial score (nSPS) is 15.4. The van der Waals surface area contributed by atoms with Gasteiger partial charge in [-0.3, -0.25) is 4.98 Å². The Morgan fingerprint density at radius 1 is 1.12 bits per heavy atom. The van der Waals surface area contributed by atoms with E-state index in [4.69, 9.17) is 0 Å². The lowest BCUT2D eigenvalue weighted by Crippen LogP contribution is -2.26. The standard InChI is InChI=1S/C22H25F3N4O2S/c1-21(2,3)13-29-12-15(11-28-32(30,31)16-5-6-16)17-7-4-14(10-18(17)29)19-20(22(23,24)25)27-9-8-26-19/h4,7-10,12,16,28H,5-6,11,13H2,1-3H3. The monoisotopic (exact) mass is 466 g/mol. The van der Waals surface area contributed by atoms with Gasteiger partial charge in [-0.2, -0.15) is 13.2 Å². The van der Waals surface area contributed by atoms with Crippen LogP contribution in [0.5, 0.6) is 0 Å². The van der Waals surface area contributed by atoms with E-state index in [9.17, 15) is 21.6 Å². The summed E-state index contributed by atoms with van der Waals surface area (Å²) in [5.74, 6) is 0. The quantitative estimate of drug-likeness (QED) is 0.569. The van der Waals surface area contributed by atoms with Crippen molar-refractivity contribution < 1.29 is 21.6 Å². The third-order valence-electron chi connectivity index (χ3n) is 5.28. The Bertz CT molecular complexity index is 1260. The highest BCUT2D eigenvalue weighted by atomic mass is 32.2. The van der Waals surface area contributed by atoms with Gasteiger partial charge in [0.15, 0.2) is 5.69 Å². The summed E-state index contributed by atoms with van der Waals surface area (Å²) in [6.07, 6.45) is 0.848. The average Bonchev–Trinajstić information content (AvgIpc) is 3.50. The molecule has 1 aromatic carbocycles. The molecule has 0 spiro atoms. The van der Waals surface area contributed by atoms with Gasteiger partial charge in [-0.05, 0) is 29.9 Å². The highest BCUT2D eigenvalue weighted by Crippen LogP contribution is 2.36. The van der Waals surface area contributed by atoms with Gasteiger partial charge >= 0.3 is 6.18 Å². The molecule has 2 aromatic heterocycles. The molecule has 1 aliphatic rings. The van der Waals surface area contributed by atoms with Crippen LogP contribution in [0.25, 0.3) is 22.2 Å². The van der Waals surface area contributed by atoms with Crippen LogP contribution in [0, 0.1) is 5.41 Å². The first-order chi connectivity index (χ1) is 14.9. The lowest BCUT2D eigenvalue weighted by molar-refractivity contribution is -0.140. The minimum Gasteiger partial charge on any atom is -0.347 e. The van der Waals surface area contributed by atoms with Crippen LogP contribution in [0.2, 0.25) is 0 Å². The second kappa shape index (κ2) is 7.84. The number of aromatic nitrogens is 3. The van der Waals surface area contributed by atoms with Crippen molar-refractivity contribution in [2.45, 2.75) is 58.1 Å². The molecule has 6 nitrogen and oxygen atoms in total. The molecule has 10 heteroatoms. The molecule has 32 heavy (non-hydrogen) atoms. The maximum Gasteiger partial charge on any atom is 0.435 e. The fraction of sp³-hybridized carbons (Fsp3) is 0.455. The number of nitrogens with zero attached hydrogens (tertiary/aromatic N) is 3. The second-order valence-electron chi connectivity index (χ2n) is 9.39. The van der Waals surface area contributed by atoms with Crippen LogP contribution in [0.1, 0.15) is 44.9 Å². The Hall–Kier alpha value is -2.46. The molecule has 1 N–H and O–H groups in total. The van der Waals surface area contributed by atoms with Gasteiger partial charge in [-0.15, -0.1) is 0 Å². The molecule has 2 heterocycles. The molecule has 4 rings (SSSR count). The van der Waals surface area contributed by atoms with E-state index in [2.05, 4.69) is 35.5 Å². The van der Waals surface area contributed by atoms with Crippen LogP contribution in [0.4, 0.5) is 13.2 Å². The molecule has 0 bridgehead atoms. The molecule has 1 saturated carbocycles. The predicted molar refractivity (Wildman–Crippen MR) is 116 cm³/mol. The van der Waals surface area contributed by atoms with Gasteiger partial charge in [-0.1, -0.05) is 32.9 Å². The fourth-order valence-electron chi connectivity index (χ4n) is 3.73. The summed E-state index contributed by atoms with van der Waals surface area (Å²) in [5.41, 5.74) is 0.423. The van der Waals surface area contributed by atoms with Crippen molar-refractivity contribution in [3.8, 4) is 11.3 Å². The number of fused-ring (bicyclic) bond motifs is 1. The minimum absolute atomic E-state index is 0.101. The zero-order chi connectivity index (χ0) is 23.3. The number of sulfonamides is 1. The molecule has 0 saturated heterocycles. The van der Waals surface area contributed by atoms with Crippen molar-refractivity contribution >= 4 is 20.9 Å². The number of hydrogen-bond acceptors (Lipinski definition) is 4. The van der Waals surface area contributed by atoms with Crippen molar-refractivity contribution in [2.24, 2.45) is 5.41 Å². The number of halogens is 3. The molecular weight excluding hydrogens is 441 g/mol. The molecule has 1 fully saturated rings. The van der Waals surface area contributed by atoms with E-state index in [1.807, 2.05) is 10.8 Å². The molecular formula is C22H25F3N4O2S. The number of benzene rings is 1. The Kier molecular flexibility index (Phi) is 5.57. The molecule has 1 aliphatic carbocycles. The summed E-state index contributed by atoms with van der Waals surface area (Å²) in [4.78, 5) is 7.45. The summed E-state index contributed by atoms with van der Waals surface area (Å²) in [6, 6.07) is 4.96. The molecule has 0 radical (unpaired) electrons. The van der Waals surface area contributed by atoms with Crippen molar-refractivity contribution in [3.05, 3.63) is 48.0 Å². The fourth-order valence-corrected chi connectivity index (χ4v) is 5.08. The van der Waals surface area contributed by atoms with Crippen LogP contribution in [-0.4, -0.2) is 28.2 Å². The lowest BCUT2D eigenvalue weighted by atomic mass is 9.97. The minimum atomic E-state index is -4.63. The highest BCUT2D eigenvalue weighted by molar-refractivity contribution is 7.90. The molecule has 3 aromatic rings. The van der Waals surface area contributed by atoms with Gasteiger partial charge in [0, 0.05) is 48.1 Å². The molecule has 0 atom stereocenters. The molecule has 172 valence electrons. The molecule has 0 amide bonds. The second-order valence-corrected chi connectivity index (χ2v) is 11.4. The number of rotatable bonds is 6. The topological polar surface area (TPSA) is 76.9 Å². The predicted octanol–water partition coefficient (Wildman–Crippen LogP) is 4.75. The van der Waals surface area contributed by atoms with Crippen LogP contribution in [0.15, 0.2) is 36.8 Å². The van der Waals surface area contributed by atoms with Gasteiger partial charge < -0.3 is 4.57 Å². The van der Waals surface area contributed by atoms with E-state index in [-0.39, 0.29) is 22.9 Å². The van der Waals surface area contributed by atoms with Crippen LogP contribution < -0.4 is 4.72 Å². The van der Waals surface area contributed by atoms with Crippen LogP contribution in [0.3, 0.4) is 0 Å². The van der Waals surface area contributed by atoms with Gasteiger partial charge in [0.1, 0.15) is 5.69 Å². The third-order valence-corrected chi connectivity index (χ3v) is 7.17.